The molecule has 0 amide bonds. The van der Waals surface area contributed by atoms with E-state index in [2.05, 4.69) is 0 Å². The van der Waals surface area contributed by atoms with Crippen LogP contribution >= 0.6 is 0 Å². The highest BCUT2D eigenvalue weighted by Crippen LogP contribution is 2.38. The lowest BCUT2D eigenvalue weighted by Gasteiger charge is -2.16. The summed E-state index contributed by atoms with van der Waals surface area (Å²) in [6.45, 7) is 0.366. The first-order chi connectivity index (χ1) is 15.9. The Morgan fingerprint density at radius 3 is 1.88 bits per heavy atom. The van der Waals surface area contributed by atoms with Crippen molar-refractivity contribution in [2.45, 2.75) is 45.1 Å². The molecule has 3 N–H and O–H groups in total. The lowest BCUT2D eigenvalue weighted by molar-refractivity contribution is -0.138. The first-order valence-electron chi connectivity index (χ1n) is 11.0. The Labute approximate surface area is 193 Å². The second-order valence-corrected chi connectivity index (χ2v) is 7.95. The second-order valence-electron chi connectivity index (χ2n) is 7.95. The number of hydrogen-bond donors (Lipinski definition) is 3. The van der Waals surface area contributed by atoms with Gasteiger partial charge in [0.2, 0.25) is 0 Å². The molecule has 0 heterocycles. The van der Waals surface area contributed by atoms with Crippen molar-refractivity contribution in [1.82, 2.24) is 0 Å². The van der Waals surface area contributed by atoms with E-state index in [9.17, 15) is 14.7 Å². The summed E-state index contributed by atoms with van der Waals surface area (Å²) in [4.78, 5) is 21.7. The minimum absolute atomic E-state index is 0.0840. The molecule has 0 bridgehead atoms. The van der Waals surface area contributed by atoms with Crippen LogP contribution in [0.2, 0.25) is 0 Å². The predicted molar refractivity (Wildman–Crippen MR) is 125 cm³/mol. The Hall–Kier alpha value is -3.80. The van der Waals surface area contributed by atoms with Gasteiger partial charge in [-0.3, -0.25) is 9.59 Å². The first-order valence-corrected chi connectivity index (χ1v) is 11.0. The van der Waals surface area contributed by atoms with Crippen LogP contribution in [-0.2, 0) is 29.0 Å². The maximum absolute atomic E-state index is 10.9. The van der Waals surface area contributed by atoms with Crippen LogP contribution in [0.4, 0.5) is 0 Å². The van der Waals surface area contributed by atoms with Gasteiger partial charge in [0.25, 0.3) is 0 Å². The Balaban J connectivity index is 1.90. The number of phenols is 1. The van der Waals surface area contributed by atoms with Gasteiger partial charge in [-0.05, 0) is 66.6 Å². The van der Waals surface area contributed by atoms with Gasteiger partial charge in [-0.1, -0.05) is 42.5 Å². The van der Waals surface area contributed by atoms with E-state index >= 15 is 0 Å². The summed E-state index contributed by atoms with van der Waals surface area (Å²) < 4.78 is 6.10. The van der Waals surface area contributed by atoms with Crippen LogP contribution in [-0.4, -0.2) is 27.3 Å². The van der Waals surface area contributed by atoms with E-state index in [0.717, 1.165) is 22.3 Å². The van der Waals surface area contributed by atoms with E-state index in [4.69, 9.17) is 14.9 Å². The number of aromatic hydroxyl groups is 1. The molecule has 6 nitrogen and oxygen atoms in total. The fraction of sp³-hybridized carbons (Fsp3) is 0.259. The highest BCUT2D eigenvalue weighted by Gasteiger charge is 2.14. The van der Waals surface area contributed by atoms with E-state index in [1.807, 2.05) is 54.6 Å². The van der Waals surface area contributed by atoms with Crippen molar-refractivity contribution in [2.24, 2.45) is 0 Å². The Bertz CT molecular complexity index is 1090. The summed E-state index contributed by atoms with van der Waals surface area (Å²) in [5.41, 5.74) is 4.21. The van der Waals surface area contributed by atoms with Crippen LogP contribution in [0.1, 0.15) is 42.4 Å². The number of aliphatic carboxylic acids is 2. The van der Waals surface area contributed by atoms with Crippen LogP contribution in [0.15, 0.2) is 66.7 Å². The summed E-state index contributed by atoms with van der Waals surface area (Å²) in [6, 6.07) is 20.7. The third-order valence-electron chi connectivity index (χ3n) is 5.34. The molecular weight excluding hydrogens is 420 g/mol. The molecule has 6 heteroatoms. The molecule has 0 aromatic heterocycles. The van der Waals surface area contributed by atoms with Crippen molar-refractivity contribution >= 4 is 11.9 Å². The Kier molecular flexibility index (Phi) is 8.47. The number of carbonyl (C=O) groups is 2. The maximum Gasteiger partial charge on any atom is 0.303 e. The SMILES string of the molecule is O=C(O)CCCc1ccc(O)c(-c2cc(CCCC(=O)O)ccc2OCc2ccccc2)c1. The molecule has 0 saturated carbocycles. The van der Waals surface area contributed by atoms with Crippen LogP contribution in [0.3, 0.4) is 0 Å². The number of carboxylic acid groups (broad SMARTS) is 2. The molecular formula is C27H28O6. The molecule has 0 radical (unpaired) electrons. The average molecular weight is 449 g/mol. The topological polar surface area (TPSA) is 104 Å². The summed E-state index contributed by atoms with van der Waals surface area (Å²) in [5, 5.41) is 28.5. The molecule has 0 aliphatic heterocycles. The minimum atomic E-state index is -0.834. The number of benzene rings is 3. The molecule has 33 heavy (non-hydrogen) atoms. The predicted octanol–water partition coefficient (Wildman–Crippen LogP) is 5.45. The van der Waals surface area contributed by atoms with E-state index in [1.54, 1.807) is 12.1 Å². The fourth-order valence-corrected chi connectivity index (χ4v) is 3.65. The number of ether oxygens (including phenoxy) is 1. The molecule has 3 rings (SSSR count). The normalized spacial score (nSPS) is 10.7. The molecule has 0 saturated heterocycles. The molecule has 0 fully saturated rings. The van der Waals surface area contributed by atoms with Gasteiger partial charge in [-0.2, -0.15) is 0 Å². The molecule has 3 aromatic rings. The number of hydrogen-bond acceptors (Lipinski definition) is 4. The summed E-state index contributed by atoms with van der Waals surface area (Å²) in [7, 11) is 0. The van der Waals surface area contributed by atoms with Crippen molar-refractivity contribution < 1.29 is 29.6 Å². The third-order valence-corrected chi connectivity index (χ3v) is 5.34. The molecule has 0 aliphatic rings. The minimum Gasteiger partial charge on any atom is -0.507 e. The van der Waals surface area contributed by atoms with E-state index in [-0.39, 0.29) is 18.6 Å². The summed E-state index contributed by atoms with van der Waals surface area (Å²) >= 11 is 0. The molecule has 0 unspecified atom stereocenters. The molecule has 3 aromatic carbocycles. The van der Waals surface area contributed by atoms with Gasteiger partial charge in [0.15, 0.2) is 0 Å². The lowest BCUT2D eigenvalue weighted by Crippen LogP contribution is -2.00. The van der Waals surface area contributed by atoms with E-state index < -0.39 is 11.9 Å². The third kappa shape index (κ3) is 7.38. The van der Waals surface area contributed by atoms with E-state index in [0.29, 0.717) is 43.6 Å². The van der Waals surface area contributed by atoms with Crippen LogP contribution in [0.5, 0.6) is 11.5 Å². The van der Waals surface area contributed by atoms with Crippen molar-refractivity contribution in [1.29, 1.82) is 0 Å². The smallest absolute Gasteiger partial charge is 0.303 e. The lowest BCUT2D eigenvalue weighted by atomic mass is 9.96. The number of carboxylic acids is 2. The van der Waals surface area contributed by atoms with Gasteiger partial charge < -0.3 is 20.1 Å². The van der Waals surface area contributed by atoms with Crippen LogP contribution in [0.25, 0.3) is 11.1 Å². The zero-order valence-corrected chi connectivity index (χ0v) is 18.4. The van der Waals surface area contributed by atoms with Gasteiger partial charge in [-0.25, -0.2) is 0 Å². The van der Waals surface area contributed by atoms with Gasteiger partial charge in [0, 0.05) is 24.0 Å². The highest BCUT2D eigenvalue weighted by molar-refractivity contribution is 5.77. The van der Waals surface area contributed by atoms with Crippen LogP contribution < -0.4 is 4.74 Å². The van der Waals surface area contributed by atoms with Crippen molar-refractivity contribution in [3.63, 3.8) is 0 Å². The van der Waals surface area contributed by atoms with Crippen molar-refractivity contribution in [3.05, 3.63) is 83.4 Å². The van der Waals surface area contributed by atoms with Gasteiger partial charge in [0.1, 0.15) is 18.1 Å². The fourth-order valence-electron chi connectivity index (χ4n) is 3.65. The van der Waals surface area contributed by atoms with E-state index in [1.165, 1.54) is 0 Å². The molecule has 172 valence electrons. The van der Waals surface area contributed by atoms with Crippen LogP contribution in [0, 0.1) is 0 Å². The van der Waals surface area contributed by atoms with Gasteiger partial charge >= 0.3 is 11.9 Å². The van der Waals surface area contributed by atoms with Gasteiger partial charge in [0.05, 0.1) is 0 Å². The average Bonchev–Trinajstić information content (AvgIpc) is 2.79. The number of phenolic OH excluding ortho intramolecular Hbond substituents is 1. The molecule has 0 aliphatic carbocycles. The quantitative estimate of drug-likeness (QED) is 0.340. The molecule has 0 spiro atoms. The second kappa shape index (κ2) is 11.7. The molecule has 0 atom stereocenters. The standard InChI is InChI=1S/C27H28O6/c28-24-14-12-19(8-4-10-26(29)30)16-22(24)23-17-20(9-5-11-27(31)32)13-15-25(23)33-18-21-6-2-1-3-7-21/h1-3,6-7,12-17,28H,4-5,8-11,18H2,(H,29,30)(H,31,32). The number of aryl methyl sites for hydroxylation is 2. The van der Waals surface area contributed by atoms with Gasteiger partial charge in [-0.15, -0.1) is 0 Å². The van der Waals surface area contributed by atoms with Crippen molar-refractivity contribution in [3.8, 4) is 22.6 Å². The monoisotopic (exact) mass is 448 g/mol. The first kappa shape index (κ1) is 23.9. The maximum atomic E-state index is 10.9. The Morgan fingerprint density at radius 1 is 0.697 bits per heavy atom. The summed E-state index contributed by atoms with van der Waals surface area (Å²) in [5.74, 6) is -0.951. The zero-order valence-electron chi connectivity index (χ0n) is 18.4. The number of rotatable bonds is 12. The Morgan fingerprint density at radius 2 is 1.27 bits per heavy atom. The largest absolute Gasteiger partial charge is 0.507 e. The summed E-state index contributed by atoms with van der Waals surface area (Å²) in [6.07, 6.45) is 2.37. The zero-order chi connectivity index (χ0) is 23.6. The highest BCUT2D eigenvalue weighted by atomic mass is 16.5. The van der Waals surface area contributed by atoms with Crippen molar-refractivity contribution in [2.75, 3.05) is 0 Å².